The van der Waals surface area contributed by atoms with Crippen LogP contribution in [0.5, 0.6) is 0 Å². The lowest BCUT2D eigenvalue weighted by atomic mass is 10.1. The van der Waals surface area contributed by atoms with Crippen molar-refractivity contribution in [2.75, 3.05) is 12.9 Å². The fourth-order valence-corrected chi connectivity index (χ4v) is 2.75. The quantitative estimate of drug-likeness (QED) is 0.521. The second-order valence-electron chi connectivity index (χ2n) is 4.72. The SMILES string of the molecule is CNC(=O)NC(=O)[C@@H](Sc1nnc(C)c(=O)n1N)c1ccccc1. The molecule has 0 saturated heterocycles. The topological polar surface area (TPSA) is 132 Å². The first-order valence-electron chi connectivity index (χ1n) is 6.89. The fraction of sp³-hybridized carbons (Fsp3) is 0.214. The lowest BCUT2D eigenvalue weighted by Crippen LogP contribution is -2.40. The van der Waals surface area contributed by atoms with Crippen molar-refractivity contribution in [2.24, 2.45) is 0 Å². The molecule has 0 radical (unpaired) electrons. The van der Waals surface area contributed by atoms with Gasteiger partial charge in [0, 0.05) is 7.05 Å². The van der Waals surface area contributed by atoms with Crippen LogP contribution in [-0.4, -0.2) is 33.9 Å². The average molecular weight is 348 g/mol. The van der Waals surface area contributed by atoms with Crippen molar-refractivity contribution in [1.82, 2.24) is 25.5 Å². The number of nitrogens with two attached hydrogens (primary N) is 1. The Kier molecular flexibility index (Phi) is 5.53. The highest BCUT2D eigenvalue weighted by Gasteiger charge is 2.26. The minimum Gasteiger partial charge on any atom is -0.341 e. The summed E-state index contributed by atoms with van der Waals surface area (Å²) in [4.78, 5) is 35.7. The Morgan fingerprint density at radius 1 is 1.25 bits per heavy atom. The lowest BCUT2D eigenvalue weighted by molar-refractivity contribution is -0.119. The third kappa shape index (κ3) is 3.90. The molecule has 10 heteroatoms. The third-order valence-corrected chi connectivity index (χ3v) is 4.26. The van der Waals surface area contributed by atoms with Gasteiger partial charge in [-0.15, -0.1) is 10.2 Å². The molecule has 0 aliphatic heterocycles. The van der Waals surface area contributed by atoms with Crippen LogP contribution in [-0.2, 0) is 4.79 Å². The zero-order chi connectivity index (χ0) is 17.7. The van der Waals surface area contributed by atoms with E-state index in [-0.39, 0.29) is 10.9 Å². The molecule has 1 aromatic carbocycles. The van der Waals surface area contributed by atoms with E-state index in [4.69, 9.17) is 5.84 Å². The first kappa shape index (κ1) is 17.5. The first-order chi connectivity index (χ1) is 11.4. The van der Waals surface area contributed by atoms with Crippen molar-refractivity contribution in [1.29, 1.82) is 0 Å². The van der Waals surface area contributed by atoms with Gasteiger partial charge in [-0.25, -0.2) is 4.79 Å². The summed E-state index contributed by atoms with van der Waals surface area (Å²) >= 11 is 0.924. The number of nitrogen functional groups attached to an aromatic ring is 1. The van der Waals surface area contributed by atoms with Crippen LogP contribution >= 0.6 is 11.8 Å². The molecule has 0 bridgehead atoms. The summed E-state index contributed by atoms with van der Waals surface area (Å²) in [6.07, 6.45) is 0. The van der Waals surface area contributed by atoms with Crippen molar-refractivity contribution in [3.8, 4) is 0 Å². The fourth-order valence-electron chi connectivity index (χ4n) is 1.80. The van der Waals surface area contributed by atoms with Gasteiger partial charge in [0.1, 0.15) is 10.9 Å². The molecule has 9 nitrogen and oxygen atoms in total. The molecule has 126 valence electrons. The van der Waals surface area contributed by atoms with Crippen LogP contribution in [0.25, 0.3) is 0 Å². The van der Waals surface area contributed by atoms with Crippen LogP contribution in [0.4, 0.5) is 4.79 Å². The number of aryl methyl sites for hydroxylation is 1. The highest BCUT2D eigenvalue weighted by molar-refractivity contribution is 8.00. The summed E-state index contributed by atoms with van der Waals surface area (Å²) in [7, 11) is 1.40. The Morgan fingerprint density at radius 3 is 2.54 bits per heavy atom. The first-order valence-corrected chi connectivity index (χ1v) is 7.77. The number of thioether (sulfide) groups is 1. The average Bonchev–Trinajstić information content (AvgIpc) is 2.59. The highest BCUT2D eigenvalue weighted by atomic mass is 32.2. The maximum atomic E-state index is 12.4. The van der Waals surface area contributed by atoms with Crippen molar-refractivity contribution < 1.29 is 9.59 Å². The number of hydrogen-bond acceptors (Lipinski definition) is 7. The van der Waals surface area contributed by atoms with Crippen molar-refractivity contribution in [2.45, 2.75) is 17.3 Å². The highest BCUT2D eigenvalue weighted by Crippen LogP contribution is 2.33. The number of benzene rings is 1. The van der Waals surface area contributed by atoms with E-state index in [1.165, 1.54) is 14.0 Å². The van der Waals surface area contributed by atoms with Gasteiger partial charge in [-0.2, -0.15) is 4.68 Å². The maximum Gasteiger partial charge on any atom is 0.321 e. The molecule has 0 aliphatic carbocycles. The molecule has 0 unspecified atom stereocenters. The number of amides is 3. The Hall–Kier alpha value is -2.88. The standard InChI is InChI=1S/C14H16N6O3S/c1-8-12(22)20(15)14(19-18-8)24-10(9-6-4-3-5-7-9)11(21)17-13(23)16-2/h3-7,10H,15H2,1-2H3,(H2,16,17,21,23)/t10-/m0/s1. The van der Waals surface area contributed by atoms with Gasteiger partial charge in [0.25, 0.3) is 5.56 Å². The summed E-state index contributed by atoms with van der Waals surface area (Å²) in [5.74, 6) is 5.14. The summed E-state index contributed by atoms with van der Waals surface area (Å²) in [5, 5.41) is 11.3. The summed E-state index contributed by atoms with van der Waals surface area (Å²) in [6, 6.07) is 8.12. The maximum absolute atomic E-state index is 12.4. The molecule has 0 aliphatic rings. The molecular formula is C14H16N6O3S. The molecular weight excluding hydrogens is 332 g/mol. The van der Waals surface area contributed by atoms with Gasteiger partial charge in [-0.1, -0.05) is 42.1 Å². The van der Waals surface area contributed by atoms with Crippen LogP contribution < -0.4 is 22.0 Å². The normalized spacial score (nSPS) is 11.6. The summed E-state index contributed by atoms with van der Waals surface area (Å²) in [5.41, 5.74) is 0.262. The number of carbonyl (C=O) groups excluding carboxylic acids is 2. The van der Waals surface area contributed by atoms with E-state index in [2.05, 4.69) is 20.8 Å². The number of rotatable bonds is 4. The molecule has 2 rings (SSSR count). The number of aromatic nitrogens is 3. The van der Waals surface area contributed by atoms with E-state index in [0.717, 1.165) is 16.4 Å². The van der Waals surface area contributed by atoms with Crippen LogP contribution in [0, 0.1) is 6.92 Å². The lowest BCUT2D eigenvalue weighted by Gasteiger charge is -2.16. The molecule has 24 heavy (non-hydrogen) atoms. The van der Waals surface area contributed by atoms with Crippen LogP contribution in [0.2, 0.25) is 0 Å². The van der Waals surface area contributed by atoms with E-state index in [1.54, 1.807) is 30.3 Å². The Labute approximate surface area is 141 Å². The zero-order valence-electron chi connectivity index (χ0n) is 13.0. The molecule has 1 atom stereocenters. The Bertz CT molecular complexity index is 808. The van der Waals surface area contributed by atoms with Crippen LogP contribution in [0.3, 0.4) is 0 Å². The van der Waals surface area contributed by atoms with Crippen molar-refractivity contribution >= 4 is 23.7 Å². The van der Waals surface area contributed by atoms with Gasteiger partial charge in [0.2, 0.25) is 11.1 Å². The predicted molar refractivity (Wildman–Crippen MR) is 88.8 cm³/mol. The monoisotopic (exact) mass is 348 g/mol. The molecule has 1 heterocycles. The van der Waals surface area contributed by atoms with Gasteiger partial charge in [0.05, 0.1) is 0 Å². The van der Waals surface area contributed by atoms with Crippen LogP contribution in [0.15, 0.2) is 40.3 Å². The minimum atomic E-state index is -0.838. The largest absolute Gasteiger partial charge is 0.341 e. The van der Waals surface area contributed by atoms with E-state index in [0.29, 0.717) is 5.56 Å². The van der Waals surface area contributed by atoms with Crippen LogP contribution in [0.1, 0.15) is 16.5 Å². The molecule has 0 saturated carbocycles. The molecule has 0 spiro atoms. The molecule has 3 amide bonds. The van der Waals surface area contributed by atoms with Crippen molar-refractivity contribution in [3.05, 3.63) is 51.9 Å². The van der Waals surface area contributed by atoms with E-state index in [1.807, 2.05) is 0 Å². The molecule has 1 aromatic heterocycles. The Balaban J connectivity index is 2.37. The second kappa shape index (κ2) is 7.59. The minimum absolute atomic E-state index is 0.0616. The van der Waals surface area contributed by atoms with E-state index in [9.17, 15) is 14.4 Å². The second-order valence-corrected chi connectivity index (χ2v) is 5.79. The number of hydrogen-bond donors (Lipinski definition) is 3. The number of carbonyl (C=O) groups is 2. The number of nitrogens with one attached hydrogen (secondary N) is 2. The number of imide groups is 1. The number of nitrogens with zero attached hydrogens (tertiary/aromatic N) is 3. The molecule has 0 fully saturated rings. The van der Waals surface area contributed by atoms with Gasteiger partial charge in [0.15, 0.2) is 0 Å². The molecule has 2 aromatic rings. The van der Waals surface area contributed by atoms with Gasteiger partial charge in [-0.05, 0) is 12.5 Å². The summed E-state index contributed by atoms with van der Waals surface area (Å²) in [6.45, 7) is 1.49. The zero-order valence-corrected chi connectivity index (χ0v) is 13.8. The Morgan fingerprint density at radius 2 is 1.92 bits per heavy atom. The van der Waals surface area contributed by atoms with Gasteiger partial charge in [-0.3, -0.25) is 14.9 Å². The predicted octanol–water partition coefficient (Wildman–Crippen LogP) is -0.0505. The number of urea groups is 1. The van der Waals surface area contributed by atoms with E-state index >= 15 is 0 Å². The van der Waals surface area contributed by atoms with Gasteiger partial charge < -0.3 is 11.2 Å². The smallest absolute Gasteiger partial charge is 0.321 e. The van der Waals surface area contributed by atoms with Crippen molar-refractivity contribution in [3.63, 3.8) is 0 Å². The van der Waals surface area contributed by atoms with E-state index < -0.39 is 22.7 Å². The summed E-state index contributed by atoms with van der Waals surface area (Å²) < 4.78 is 0.829. The van der Waals surface area contributed by atoms with Gasteiger partial charge >= 0.3 is 6.03 Å². The molecule has 4 N–H and O–H groups in total. The third-order valence-electron chi connectivity index (χ3n) is 3.05.